The monoisotopic (exact) mass is 584 g/mol. The second kappa shape index (κ2) is 13.6. The molecule has 2 aliphatic rings. The maximum atomic E-state index is 13.3. The van der Waals surface area contributed by atoms with Gasteiger partial charge >= 0.3 is 6.61 Å². The van der Waals surface area contributed by atoms with Crippen LogP contribution in [0.4, 0.5) is 8.78 Å². The van der Waals surface area contributed by atoms with Gasteiger partial charge in [0.1, 0.15) is 0 Å². The summed E-state index contributed by atoms with van der Waals surface area (Å²) in [4.78, 5) is 31.9. The number of nitrogens with zero attached hydrogens (tertiary/aromatic N) is 2. The van der Waals surface area contributed by atoms with Gasteiger partial charge in [0, 0.05) is 32.6 Å². The Morgan fingerprint density at radius 2 is 1.90 bits per heavy atom. The zero-order valence-electron chi connectivity index (χ0n) is 23.2. The number of hydrogen-bond donors (Lipinski definition) is 2. The van der Waals surface area contributed by atoms with E-state index in [-0.39, 0.29) is 52.6 Å². The summed E-state index contributed by atoms with van der Waals surface area (Å²) in [5.41, 5.74) is 6.29. The SMILES string of the molecule is CC(N)c1oc(-c2ccc(OC(F)F)c(OCC3CC3)c2)nc1C(=O)NCC1(CC(=O)N(C)C)CCCCC1.Cl. The Morgan fingerprint density at radius 1 is 1.20 bits per heavy atom. The van der Waals surface area contributed by atoms with E-state index in [4.69, 9.17) is 14.9 Å². The van der Waals surface area contributed by atoms with Gasteiger partial charge in [0.25, 0.3) is 5.91 Å². The predicted molar refractivity (Wildman–Crippen MR) is 148 cm³/mol. The van der Waals surface area contributed by atoms with E-state index in [2.05, 4.69) is 15.0 Å². The van der Waals surface area contributed by atoms with Gasteiger partial charge in [-0.15, -0.1) is 12.4 Å². The molecule has 2 aromatic rings. The van der Waals surface area contributed by atoms with Gasteiger partial charge in [-0.1, -0.05) is 19.3 Å². The first kappa shape index (κ1) is 31.6. The lowest BCUT2D eigenvalue weighted by Crippen LogP contribution is -2.42. The number of ether oxygens (including phenoxy) is 2. The Hall–Kier alpha value is -2.92. The van der Waals surface area contributed by atoms with E-state index < -0.39 is 18.6 Å². The van der Waals surface area contributed by atoms with E-state index in [1.807, 2.05) is 0 Å². The highest BCUT2D eigenvalue weighted by Gasteiger charge is 2.36. The fraction of sp³-hybridized carbons (Fsp3) is 0.607. The number of nitrogens with one attached hydrogen (secondary N) is 1. The van der Waals surface area contributed by atoms with E-state index in [1.165, 1.54) is 18.2 Å². The second-order valence-corrected chi connectivity index (χ2v) is 11.0. The maximum Gasteiger partial charge on any atom is 0.387 e. The lowest BCUT2D eigenvalue weighted by Gasteiger charge is -2.37. The van der Waals surface area contributed by atoms with Gasteiger partial charge in [-0.25, -0.2) is 4.98 Å². The van der Waals surface area contributed by atoms with Crippen molar-refractivity contribution in [3.8, 4) is 23.0 Å². The number of oxazole rings is 1. The topological polar surface area (TPSA) is 120 Å². The first-order valence-electron chi connectivity index (χ1n) is 13.5. The first-order chi connectivity index (χ1) is 18.6. The van der Waals surface area contributed by atoms with Gasteiger partial charge in [0.05, 0.1) is 12.6 Å². The molecule has 1 aromatic carbocycles. The molecule has 1 aromatic heterocycles. The minimum absolute atomic E-state index is 0. The smallest absolute Gasteiger partial charge is 0.387 e. The zero-order valence-corrected chi connectivity index (χ0v) is 24.0. The van der Waals surface area contributed by atoms with Crippen LogP contribution in [-0.2, 0) is 4.79 Å². The quantitative estimate of drug-likeness (QED) is 0.346. The van der Waals surface area contributed by atoms with E-state index in [0.29, 0.717) is 31.1 Å². The Labute approximate surface area is 239 Å². The number of aromatic nitrogens is 1. The average molecular weight is 585 g/mol. The summed E-state index contributed by atoms with van der Waals surface area (Å²) >= 11 is 0. The lowest BCUT2D eigenvalue weighted by molar-refractivity contribution is -0.131. The third-order valence-electron chi connectivity index (χ3n) is 7.42. The molecule has 222 valence electrons. The van der Waals surface area contributed by atoms with Crippen LogP contribution in [-0.4, -0.2) is 55.6 Å². The fourth-order valence-electron chi connectivity index (χ4n) is 4.91. The summed E-state index contributed by atoms with van der Waals surface area (Å²) < 4.78 is 42.1. The van der Waals surface area contributed by atoms with Crippen LogP contribution in [0.2, 0.25) is 0 Å². The molecule has 4 rings (SSSR count). The molecule has 12 heteroatoms. The van der Waals surface area contributed by atoms with Crippen molar-refractivity contribution >= 4 is 24.2 Å². The highest BCUT2D eigenvalue weighted by atomic mass is 35.5. The van der Waals surface area contributed by atoms with Gasteiger partial charge in [-0.2, -0.15) is 8.78 Å². The van der Waals surface area contributed by atoms with Crippen molar-refractivity contribution in [3.05, 3.63) is 29.7 Å². The molecule has 0 spiro atoms. The van der Waals surface area contributed by atoms with Crippen molar-refractivity contribution in [3.63, 3.8) is 0 Å². The molecule has 1 unspecified atom stereocenters. The minimum atomic E-state index is -3.00. The normalized spacial score (nSPS) is 17.1. The van der Waals surface area contributed by atoms with Crippen molar-refractivity contribution in [2.45, 2.75) is 70.9 Å². The van der Waals surface area contributed by atoms with Crippen LogP contribution in [0.25, 0.3) is 11.5 Å². The number of alkyl halides is 2. The van der Waals surface area contributed by atoms with Crippen molar-refractivity contribution < 1.29 is 32.3 Å². The van der Waals surface area contributed by atoms with Crippen LogP contribution in [0.15, 0.2) is 22.6 Å². The average Bonchev–Trinajstić information content (AvgIpc) is 3.61. The third-order valence-corrected chi connectivity index (χ3v) is 7.42. The second-order valence-electron chi connectivity index (χ2n) is 11.0. The summed E-state index contributed by atoms with van der Waals surface area (Å²) in [7, 11) is 3.47. The Kier molecular flexibility index (Phi) is 10.8. The Bertz CT molecular complexity index is 1160. The van der Waals surface area contributed by atoms with Gasteiger partial charge in [-0.05, 0) is 62.1 Å². The number of hydrogen-bond acceptors (Lipinski definition) is 7. The van der Waals surface area contributed by atoms with E-state index in [1.54, 1.807) is 25.9 Å². The van der Waals surface area contributed by atoms with E-state index >= 15 is 0 Å². The molecule has 0 saturated heterocycles. The molecule has 1 heterocycles. The Morgan fingerprint density at radius 3 is 2.50 bits per heavy atom. The van der Waals surface area contributed by atoms with Crippen LogP contribution in [0.1, 0.15) is 80.6 Å². The first-order valence-corrected chi connectivity index (χ1v) is 13.5. The number of rotatable bonds is 12. The molecule has 2 saturated carbocycles. The van der Waals surface area contributed by atoms with Gasteiger partial charge in [0.15, 0.2) is 23.0 Å². The summed E-state index contributed by atoms with van der Waals surface area (Å²) in [6, 6.07) is 3.78. The predicted octanol–water partition coefficient (Wildman–Crippen LogP) is 5.33. The van der Waals surface area contributed by atoms with Crippen molar-refractivity contribution in [1.82, 2.24) is 15.2 Å². The molecule has 2 fully saturated rings. The molecule has 0 radical (unpaired) electrons. The summed E-state index contributed by atoms with van der Waals surface area (Å²) in [6.07, 6.45) is 7.26. The van der Waals surface area contributed by atoms with Crippen LogP contribution in [0.3, 0.4) is 0 Å². The molecule has 40 heavy (non-hydrogen) atoms. The number of nitrogens with two attached hydrogens (primary N) is 1. The molecule has 0 aliphatic heterocycles. The third kappa shape index (κ3) is 8.06. The largest absolute Gasteiger partial charge is 0.489 e. The Balaban J connectivity index is 0.00000441. The molecule has 2 aliphatic carbocycles. The van der Waals surface area contributed by atoms with Gasteiger partial charge in [-0.3, -0.25) is 9.59 Å². The molecular weight excluding hydrogens is 546 g/mol. The van der Waals surface area contributed by atoms with Crippen LogP contribution in [0, 0.1) is 11.3 Å². The van der Waals surface area contributed by atoms with E-state index in [9.17, 15) is 18.4 Å². The number of benzene rings is 1. The van der Waals surface area contributed by atoms with Crippen LogP contribution >= 0.6 is 12.4 Å². The van der Waals surface area contributed by atoms with Gasteiger partial charge in [0.2, 0.25) is 11.8 Å². The molecule has 3 N–H and O–H groups in total. The lowest BCUT2D eigenvalue weighted by atomic mass is 9.71. The fourth-order valence-corrected chi connectivity index (χ4v) is 4.91. The molecule has 1 atom stereocenters. The summed E-state index contributed by atoms with van der Waals surface area (Å²) in [6.45, 7) is -0.583. The van der Waals surface area contributed by atoms with Crippen LogP contribution in [0.5, 0.6) is 11.5 Å². The molecular formula is C28H39ClF2N4O5. The van der Waals surface area contributed by atoms with Crippen LogP contribution < -0.4 is 20.5 Å². The number of carbonyl (C=O) groups excluding carboxylic acids is 2. The zero-order chi connectivity index (χ0) is 28.2. The summed E-state index contributed by atoms with van der Waals surface area (Å²) in [5.74, 6) is 0.371. The standard InChI is InChI=1S/C28H38F2N4O5.ClH/c1-17(31)24-23(25(36)32-16-28(11-5-4-6-12-28)14-22(35)34(2)3)33-26(39-24)19-9-10-20(38-27(29)30)21(13-19)37-15-18-7-8-18;/h9-10,13,17-18,27H,4-8,11-12,14-16,31H2,1-3H3,(H,32,36);1H. The highest BCUT2D eigenvalue weighted by molar-refractivity contribution is 5.94. The van der Waals surface area contributed by atoms with Crippen molar-refractivity contribution in [2.75, 3.05) is 27.2 Å². The number of amides is 2. The number of halogens is 3. The van der Waals surface area contributed by atoms with Crippen molar-refractivity contribution in [2.24, 2.45) is 17.1 Å². The van der Waals surface area contributed by atoms with E-state index in [0.717, 1.165) is 44.9 Å². The van der Waals surface area contributed by atoms with Crippen molar-refractivity contribution in [1.29, 1.82) is 0 Å². The summed E-state index contributed by atoms with van der Waals surface area (Å²) in [5, 5.41) is 2.98. The highest BCUT2D eigenvalue weighted by Crippen LogP contribution is 2.40. The molecule has 9 nitrogen and oxygen atoms in total. The number of carbonyl (C=O) groups is 2. The molecule has 2 amide bonds. The molecule has 0 bridgehead atoms. The minimum Gasteiger partial charge on any atom is -0.489 e. The van der Waals surface area contributed by atoms with Gasteiger partial charge < -0.3 is 29.8 Å². The maximum absolute atomic E-state index is 13.3.